The van der Waals surface area contributed by atoms with Crippen LogP contribution in [0.5, 0.6) is 0 Å². The van der Waals surface area contributed by atoms with Gasteiger partial charge < -0.3 is 5.32 Å². The van der Waals surface area contributed by atoms with Crippen LogP contribution in [0.3, 0.4) is 0 Å². The zero-order valence-electron chi connectivity index (χ0n) is 14.0. The molecule has 1 N–H and O–H groups in total. The highest BCUT2D eigenvalue weighted by atomic mass is 32.1. The summed E-state index contributed by atoms with van der Waals surface area (Å²) in [4.78, 5) is 31.4. The van der Waals surface area contributed by atoms with E-state index in [-0.39, 0.29) is 17.5 Å². The topological polar surface area (TPSA) is 66.7 Å². The molecule has 1 amide bonds. The van der Waals surface area contributed by atoms with Crippen molar-refractivity contribution >= 4 is 22.2 Å². The predicted octanol–water partition coefficient (Wildman–Crippen LogP) is 2.03. The van der Waals surface area contributed by atoms with E-state index in [2.05, 4.69) is 22.1 Å². The highest BCUT2D eigenvalue weighted by Gasteiger charge is 2.21. The van der Waals surface area contributed by atoms with E-state index >= 15 is 0 Å². The molecular weight excluding hydrogens is 324 g/mol. The fourth-order valence-corrected chi connectivity index (χ4v) is 3.81. The van der Waals surface area contributed by atoms with Crippen molar-refractivity contribution in [2.45, 2.75) is 51.6 Å². The predicted molar refractivity (Wildman–Crippen MR) is 95.3 cm³/mol. The van der Waals surface area contributed by atoms with Gasteiger partial charge in [0.1, 0.15) is 0 Å². The number of rotatable bonds is 6. The number of fused-ring (bicyclic) bond motifs is 1. The van der Waals surface area contributed by atoms with Gasteiger partial charge in [0.2, 0.25) is 5.91 Å². The molecule has 0 aliphatic carbocycles. The minimum atomic E-state index is -0.0191. The van der Waals surface area contributed by atoms with Crippen molar-refractivity contribution in [3.05, 3.63) is 33.7 Å². The molecule has 0 radical (unpaired) electrons. The highest BCUT2D eigenvalue weighted by Crippen LogP contribution is 2.14. The van der Waals surface area contributed by atoms with Crippen LogP contribution in [-0.4, -0.2) is 39.3 Å². The Bertz CT molecular complexity index is 746. The Hall–Kier alpha value is -1.73. The van der Waals surface area contributed by atoms with Gasteiger partial charge in [0.05, 0.1) is 5.69 Å². The molecule has 1 saturated heterocycles. The first-order chi connectivity index (χ1) is 11.7. The molecule has 1 aliphatic heterocycles. The molecule has 1 fully saturated rings. The second-order valence-electron chi connectivity index (χ2n) is 6.36. The third kappa shape index (κ3) is 4.21. The van der Waals surface area contributed by atoms with Gasteiger partial charge in [-0.1, -0.05) is 13.3 Å². The van der Waals surface area contributed by atoms with Gasteiger partial charge in [-0.15, -0.1) is 11.3 Å². The second kappa shape index (κ2) is 7.90. The van der Waals surface area contributed by atoms with Crippen LogP contribution in [0.2, 0.25) is 0 Å². The van der Waals surface area contributed by atoms with E-state index in [1.165, 1.54) is 11.3 Å². The summed E-state index contributed by atoms with van der Waals surface area (Å²) >= 11 is 1.48. The number of nitrogens with one attached hydrogen (secondary N) is 1. The van der Waals surface area contributed by atoms with Crippen LogP contribution < -0.4 is 10.9 Å². The Morgan fingerprint density at radius 2 is 2.21 bits per heavy atom. The highest BCUT2D eigenvalue weighted by molar-refractivity contribution is 7.15. The summed E-state index contributed by atoms with van der Waals surface area (Å²) in [5.74, 6) is 0.174. The first-order valence-electron chi connectivity index (χ1n) is 8.63. The van der Waals surface area contributed by atoms with E-state index in [0.717, 1.165) is 49.4 Å². The molecular formula is C17H24N4O2S. The van der Waals surface area contributed by atoms with E-state index < -0.39 is 0 Å². The van der Waals surface area contributed by atoms with Crippen LogP contribution in [0.1, 0.15) is 44.7 Å². The first-order valence-corrected chi connectivity index (χ1v) is 9.51. The molecule has 0 spiro atoms. The average molecular weight is 348 g/mol. The molecule has 2 aromatic heterocycles. The molecule has 0 unspecified atom stereocenters. The van der Waals surface area contributed by atoms with Crippen molar-refractivity contribution in [1.29, 1.82) is 0 Å². The van der Waals surface area contributed by atoms with Gasteiger partial charge in [-0.3, -0.25) is 18.9 Å². The van der Waals surface area contributed by atoms with Gasteiger partial charge in [0, 0.05) is 49.7 Å². The third-order valence-corrected chi connectivity index (χ3v) is 5.21. The lowest BCUT2D eigenvalue weighted by molar-refractivity contribution is -0.122. The smallest absolute Gasteiger partial charge is 0.258 e. The molecule has 2 aromatic rings. The lowest BCUT2D eigenvalue weighted by Crippen LogP contribution is -2.44. The van der Waals surface area contributed by atoms with Crippen molar-refractivity contribution < 1.29 is 4.79 Å². The summed E-state index contributed by atoms with van der Waals surface area (Å²) in [6, 6.07) is 1.90. The van der Waals surface area contributed by atoms with Gasteiger partial charge in [0.15, 0.2) is 4.96 Å². The Morgan fingerprint density at radius 1 is 1.42 bits per heavy atom. The molecule has 7 heteroatoms. The number of nitrogens with zero attached hydrogens (tertiary/aromatic N) is 3. The Morgan fingerprint density at radius 3 is 2.96 bits per heavy atom. The minimum absolute atomic E-state index is 0.0191. The lowest BCUT2D eigenvalue weighted by atomic mass is 10.0. The van der Waals surface area contributed by atoms with Crippen LogP contribution in [0, 0.1) is 0 Å². The van der Waals surface area contributed by atoms with Gasteiger partial charge in [-0.2, -0.15) is 0 Å². The maximum atomic E-state index is 12.0. The number of likely N-dealkylation sites (tertiary alicyclic amines) is 1. The van der Waals surface area contributed by atoms with Crippen LogP contribution >= 0.6 is 11.3 Å². The molecule has 1 aliphatic rings. The first kappa shape index (κ1) is 17.1. The SMILES string of the molecule is CCCCC(=O)NC1CCN(Cc2cc(=O)n3ccsc3n2)CC1. The lowest BCUT2D eigenvalue weighted by Gasteiger charge is -2.32. The summed E-state index contributed by atoms with van der Waals surface area (Å²) < 4.78 is 1.58. The summed E-state index contributed by atoms with van der Waals surface area (Å²) in [7, 11) is 0. The zero-order valence-corrected chi connectivity index (χ0v) is 14.8. The summed E-state index contributed by atoms with van der Waals surface area (Å²) in [6.07, 6.45) is 6.30. The minimum Gasteiger partial charge on any atom is -0.353 e. The number of carbonyl (C=O) groups is 1. The van der Waals surface area contributed by atoms with E-state index in [9.17, 15) is 9.59 Å². The maximum absolute atomic E-state index is 12.0. The van der Waals surface area contributed by atoms with E-state index in [0.29, 0.717) is 13.0 Å². The number of aromatic nitrogens is 2. The van der Waals surface area contributed by atoms with Crippen LogP contribution in [-0.2, 0) is 11.3 Å². The number of carbonyl (C=O) groups excluding carboxylic acids is 1. The molecule has 3 rings (SSSR count). The van der Waals surface area contributed by atoms with Crippen molar-refractivity contribution in [3.8, 4) is 0 Å². The van der Waals surface area contributed by atoms with Gasteiger partial charge in [0.25, 0.3) is 5.56 Å². The van der Waals surface area contributed by atoms with Gasteiger partial charge >= 0.3 is 0 Å². The Kier molecular flexibility index (Phi) is 5.63. The summed E-state index contributed by atoms with van der Waals surface area (Å²) in [5.41, 5.74) is 0.808. The number of unbranched alkanes of at least 4 members (excludes halogenated alkanes) is 1. The molecule has 0 aromatic carbocycles. The quantitative estimate of drug-likeness (QED) is 0.867. The molecule has 6 nitrogen and oxygen atoms in total. The molecule has 0 atom stereocenters. The Labute approximate surface area is 145 Å². The Balaban J connectivity index is 1.51. The summed E-state index contributed by atoms with van der Waals surface area (Å²) in [6.45, 7) is 4.63. The standard InChI is InChI=1S/C17H24N4O2S/c1-2-3-4-15(22)18-13-5-7-20(8-6-13)12-14-11-16(23)21-9-10-24-17(21)19-14/h9-11,13H,2-8,12H2,1H3,(H,18,22). The number of hydrogen-bond acceptors (Lipinski definition) is 5. The largest absolute Gasteiger partial charge is 0.353 e. The van der Waals surface area contributed by atoms with Crippen molar-refractivity contribution in [1.82, 2.24) is 19.6 Å². The van der Waals surface area contributed by atoms with Gasteiger partial charge in [-0.05, 0) is 19.3 Å². The molecule has 3 heterocycles. The maximum Gasteiger partial charge on any atom is 0.258 e. The fourth-order valence-electron chi connectivity index (χ4n) is 3.07. The van der Waals surface area contributed by atoms with Crippen molar-refractivity contribution in [2.24, 2.45) is 0 Å². The summed E-state index contributed by atoms with van der Waals surface area (Å²) in [5, 5.41) is 5.01. The van der Waals surface area contributed by atoms with Crippen molar-refractivity contribution in [3.63, 3.8) is 0 Å². The fraction of sp³-hybridized carbons (Fsp3) is 0.588. The van der Waals surface area contributed by atoms with Crippen LogP contribution in [0.4, 0.5) is 0 Å². The van der Waals surface area contributed by atoms with Crippen molar-refractivity contribution in [2.75, 3.05) is 13.1 Å². The average Bonchev–Trinajstić information content (AvgIpc) is 3.04. The van der Waals surface area contributed by atoms with E-state index in [1.807, 2.05) is 5.38 Å². The number of amides is 1. The van der Waals surface area contributed by atoms with E-state index in [1.54, 1.807) is 16.7 Å². The van der Waals surface area contributed by atoms with Crippen LogP contribution in [0.25, 0.3) is 4.96 Å². The second-order valence-corrected chi connectivity index (χ2v) is 7.24. The molecule has 130 valence electrons. The third-order valence-electron chi connectivity index (χ3n) is 4.45. The molecule has 24 heavy (non-hydrogen) atoms. The monoisotopic (exact) mass is 348 g/mol. The number of hydrogen-bond donors (Lipinski definition) is 1. The van der Waals surface area contributed by atoms with Gasteiger partial charge in [-0.25, -0.2) is 4.98 Å². The van der Waals surface area contributed by atoms with E-state index in [4.69, 9.17) is 0 Å². The normalized spacial score (nSPS) is 16.5. The molecule has 0 bridgehead atoms. The number of piperidine rings is 1. The zero-order chi connectivity index (χ0) is 16.9. The number of thiazole rings is 1. The van der Waals surface area contributed by atoms with Crippen LogP contribution in [0.15, 0.2) is 22.4 Å². The molecule has 0 saturated carbocycles.